The van der Waals surface area contributed by atoms with Crippen LogP contribution in [0.5, 0.6) is 11.5 Å². The summed E-state index contributed by atoms with van der Waals surface area (Å²) in [6, 6.07) is 10.5. The molecule has 0 fully saturated rings. The van der Waals surface area contributed by atoms with Gasteiger partial charge in [0.25, 0.3) is 5.91 Å². The molecule has 1 aliphatic heterocycles. The van der Waals surface area contributed by atoms with Gasteiger partial charge in [0.05, 0.1) is 10.7 Å². The summed E-state index contributed by atoms with van der Waals surface area (Å²) < 4.78 is 12.3. The lowest BCUT2D eigenvalue weighted by Gasteiger charge is -2.13. The summed E-state index contributed by atoms with van der Waals surface area (Å²) >= 11 is 6.20. The van der Waals surface area contributed by atoms with Gasteiger partial charge in [-0.2, -0.15) is 9.78 Å². The van der Waals surface area contributed by atoms with Crippen LogP contribution in [0.4, 0.5) is 5.82 Å². The highest BCUT2D eigenvalue weighted by atomic mass is 35.5. The average Bonchev–Trinajstić information content (AvgIpc) is 3.29. The van der Waals surface area contributed by atoms with E-state index in [0.29, 0.717) is 33.7 Å². The number of pyridine rings is 1. The molecular weight excluding hydrogens is 380 g/mol. The van der Waals surface area contributed by atoms with Gasteiger partial charge in [0.15, 0.2) is 17.3 Å². The number of aromatic nitrogens is 3. The van der Waals surface area contributed by atoms with E-state index in [9.17, 15) is 4.79 Å². The number of anilines is 1. The van der Waals surface area contributed by atoms with Crippen LogP contribution in [0.3, 0.4) is 0 Å². The molecule has 0 aliphatic carbocycles. The minimum atomic E-state index is -0.335. The number of carbonyl (C=O) groups excluding carboxylic acids is 1. The molecule has 1 N–H and O–H groups in total. The molecule has 0 unspecified atom stereocenters. The van der Waals surface area contributed by atoms with Crippen LogP contribution in [0.25, 0.3) is 5.82 Å². The zero-order chi connectivity index (χ0) is 19.9. The molecule has 8 heteroatoms. The third-order valence-electron chi connectivity index (χ3n) is 4.28. The Morgan fingerprint density at radius 1 is 1.21 bits per heavy atom. The molecule has 3 heterocycles. The van der Waals surface area contributed by atoms with E-state index < -0.39 is 0 Å². The first kappa shape index (κ1) is 18.3. The van der Waals surface area contributed by atoms with Crippen LogP contribution in [-0.4, -0.2) is 27.5 Å². The normalized spacial score (nSPS) is 12.9. The average molecular weight is 399 g/mol. The Morgan fingerprint density at radius 3 is 2.75 bits per heavy atom. The van der Waals surface area contributed by atoms with Crippen LogP contribution in [0.2, 0.25) is 5.02 Å². The smallest absolute Gasteiger partial charge is 0.257 e. The fourth-order valence-corrected chi connectivity index (χ4v) is 3.04. The molecule has 3 aromatic rings. The van der Waals surface area contributed by atoms with E-state index >= 15 is 0 Å². The molecule has 0 spiro atoms. The predicted molar refractivity (Wildman–Crippen MR) is 106 cm³/mol. The molecular formula is C20H19ClN4O3. The predicted octanol–water partition coefficient (Wildman–Crippen LogP) is 4.20. The minimum Gasteiger partial charge on any atom is -0.454 e. The first-order valence-electron chi connectivity index (χ1n) is 8.75. The van der Waals surface area contributed by atoms with Crippen LogP contribution in [0, 0.1) is 0 Å². The Kier molecular flexibility index (Phi) is 4.47. The van der Waals surface area contributed by atoms with Gasteiger partial charge in [-0.25, -0.2) is 4.98 Å². The number of halogens is 1. The van der Waals surface area contributed by atoms with Crippen molar-refractivity contribution in [1.29, 1.82) is 0 Å². The van der Waals surface area contributed by atoms with Crippen molar-refractivity contribution in [3.63, 3.8) is 0 Å². The highest BCUT2D eigenvalue weighted by Crippen LogP contribution is 2.40. The lowest BCUT2D eigenvalue weighted by atomic mass is 9.92. The van der Waals surface area contributed by atoms with Crippen molar-refractivity contribution in [3.05, 3.63) is 58.9 Å². The van der Waals surface area contributed by atoms with E-state index in [4.69, 9.17) is 21.1 Å². The molecule has 1 aliphatic rings. The van der Waals surface area contributed by atoms with Gasteiger partial charge in [-0.05, 0) is 24.3 Å². The summed E-state index contributed by atoms with van der Waals surface area (Å²) in [6.45, 7) is 6.26. The van der Waals surface area contributed by atoms with Gasteiger partial charge in [-0.15, -0.1) is 0 Å². The molecule has 2 aromatic heterocycles. The Balaban J connectivity index is 1.70. The second-order valence-corrected chi connectivity index (χ2v) is 7.82. The first-order chi connectivity index (χ1) is 13.3. The molecule has 0 atom stereocenters. The van der Waals surface area contributed by atoms with Crippen molar-refractivity contribution in [3.8, 4) is 17.3 Å². The topological polar surface area (TPSA) is 78.3 Å². The quantitative estimate of drug-likeness (QED) is 0.715. The number of nitrogens with zero attached hydrogens (tertiary/aromatic N) is 3. The second-order valence-electron chi connectivity index (χ2n) is 7.41. The number of carbonyl (C=O) groups is 1. The van der Waals surface area contributed by atoms with Gasteiger partial charge in [0, 0.05) is 23.2 Å². The maximum Gasteiger partial charge on any atom is 0.257 e. The van der Waals surface area contributed by atoms with Gasteiger partial charge < -0.3 is 14.8 Å². The highest BCUT2D eigenvalue weighted by Gasteiger charge is 2.24. The van der Waals surface area contributed by atoms with Crippen LogP contribution in [0.15, 0.2) is 42.6 Å². The van der Waals surface area contributed by atoms with Crippen molar-refractivity contribution in [2.45, 2.75) is 26.2 Å². The zero-order valence-electron chi connectivity index (χ0n) is 15.7. The van der Waals surface area contributed by atoms with Crippen LogP contribution >= 0.6 is 11.6 Å². The molecule has 28 heavy (non-hydrogen) atoms. The Bertz CT molecular complexity index is 1040. The second kappa shape index (κ2) is 6.83. The molecule has 4 rings (SSSR count). The van der Waals surface area contributed by atoms with E-state index in [-0.39, 0.29) is 18.1 Å². The third-order valence-corrected chi connectivity index (χ3v) is 4.56. The maximum atomic E-state index is 12.9. The summed E-state index contributed by atoms with van der Waals surface area (Å²) in [6.07, 6.45) is 1.68. The number of benzene rings is 1. The fourth-order valence-electron chi connectivity index (χ4n) is 2.78. The largest absolute Gasteiger partial charge is 0.454 e. The maximum absolute atomic E-state index is 12.9. The number of rotatable bonds is 3. The van der Waals surface area contributed by atoms with Crippen molar-refractivity contribution >= 4 is 23.3 Å². The Labute approximate surface area is 167 Å². The Morgan fingerprint density at radius 2 is 2.04 bits per heavy atom. The summed E-state index contributed by atoms with van der Waals surface area (Å²) in [4.78, 5) is 17.2. The van der Waals surface area contributed by atoms with Crippen LogP contribution in [-0.2, 0) is 5.41 Å². The number of hydrogen-bond acceptors (Lipinski definition) is 5. The van der Waals surface area contributed by atoms with Crippen LogP contribution in [0.1, 0.15) is 36.8 Å². The number of ether oxygens (including phenoxy) is 2. The van der Waals surface area contributed by atoms with Gasteiger partial charge in [0.1, 0.15) is 5.82 Å². The highest BCUT2D eigenvalue weighted by molar-refractivity contribution is 6.32. The number of hydrogen-bond donors (Lipinski definition) is 1. The Hall–Kier alpha value is -3.06. The van der Waals surface area contributed by atoms with Crippen molar-refractivity contribution in [2.24, 2.45) is 0 Å². The number of amides is 1. The first-order valence-corrected chi connectivity index (χ1v) is 9.13. The van der Waals surface area contributed by atoms with Crippen molar-refractivity contribution in [1.82, 2.24) is 14.8 Å². The van der Waals surface area contributed by atoms with Crippen molar-refractivity contribution in [2.75, 3.05) is 12.1 Å². The van der Waals surface area contributed by atoms with Crippen molar-refractivity contribution < 1.29 is 14.3 Å². The van der Waals surface area contributed by atoms with E-state index in [1.165, 1.54) is 0 Å². The monoisotopic (exact) mass is 398 g/mol. The van der Waals surface area contributed by atoms with Gasteiger partial charge >= 0.3 is 0 Å². The van der Waals surface area contributed by atoms with E-state index in [1.54, 1.807) is 23.0 Å². The minimum absolute atomic E-state index is 0.0848. The standard InChI is InChI=1S/C20H19ClN4O3/c1-20(2,3)15-10-17(25(24-15)16-6-4-5-7-22-16)23-19(26)12-8-13(21)18-14(9-12)27-11-28-18/h4-10H,11H2,1-3H3,(H,23,26). The summed E-state index contributed by atoms with van der Waals surface area (Å²) in [5.41, 5.74) is 0.999. The molecule has 0 saturated heterocycles. The summed E-state index contributed by atoms with van der Waals surface area (Å²) in [5, 5.41) is 7.87. The molecule has 0 radical (unpaired) electrons. The van der Waals surface area contributed by atoms with Gasteiger partial charge in [-0.1, -0.05) is 38.4 Å². The summed E-state index contributed by atoms with van der Waals surface area (Å²) in [5.74, 6) is 1.69. The molecule has 0 bridgehead atoms. The summed E-state index contributed by atoms with van der Waals surface area (Å²) in [7, 11) is 0. The molecule has 1 aromatic carbocycles. The lowest BCUT2D eigenvalue weighted by molar-refractivity contribution is 0.102. The number of fused-ring (bicyclic) bond motifs is 1. The lowest BCUT2D eigenvalue weighted by Crippen LogP contribution is -2.15. The van der Waals surface area contributed by atoms with E-state index in [1.807, 2.05) is 24.3 Å². The van der Waals surface area contributed by atoms with E-state index in [2.05, 4.69) is 36.2 Å². The molecule has 144 valence electrons. The van der Waals surface area contributed by atoms with Crippen LogP contribution < -0.4 is 14.8 Å². The molecule has 0 saturated carbocycles. The van der Waals surface area contributed by atoms with Gasteiger partial charge in [-0.3, -0.25) is 4.79 Å². The van der Waals surface area contributed by atoms with E-state index in [0.717, 1.165) is 5.69 Å². The SMILES string of the molecule is CC(C)(C)c1cc(NC(=O)c2cc(Cl)c3c(c2)OCO3)n(-c2ccccn2)n1. The zero-order valence-corrected chi connectivity index (χ0v) is 16.4. The third kappa shape index (κ3) is 3.41. The fraction of sp³-hybridized carbons (Fsp3) is 0.250. The molecule has 1 amide bonds. The van der Waals surface area contributed by atoms with Gasteiger partial charge in [0.2, 0.25) is 6.79 Å². The molecule has 7 nitrogen and oxygen atoms in total. The number of nitrogens with one attached hydrogen (secondary N) is 1.